The largest absolute Gasteiger partial charge is 0.487 e. The number of nitrogens with two attached hydrogens (primary N) is 1. The number of halogens is 2. The summed E-state index contributed by atoms with van der Waals surface area (Å²) in [6.45, 7) is -0.488. The molecule has 0 saturated carbocycles. The first-order valence-electron chi connectivity index (χ1n) is 8.01. The maximum absolute atomic E-state index is 14.7. The zero-order valence-corrected chi connectivity index (χ0v) is 14.4. The Bertz CT molecular complexity index is 1030. The molecule has 3 N–H and O–H groups in total. The molecule has 3 rings (SSSR count). The molecule has 3 aromatic rings. The third-order valence-corrected chi connectivity index (χ3v) is 3.74. The van der Waals surface area contributed by atoms with Crippen LogP contribution in [-0.4, -0.2) is 21.8 Å². The van der Waals surface area contributed by atoms with E-state index < -0.39 is 35.6 Å². The van der Waals surface area contributed by atoms with Gasteiger partial charge in [-0.3, -0.25) is 19.6 Å². The molecule has 28 heavy (non-hydrogen) atoms. The predicted molar refractivity (Wildman–Crippen MR) is 95.6 cm³/mol. The van der Waals surface area contributed by atoms with Crippen LogP contribution in [0.4, 0.5) is 14.5 Å². The Labute approximate surface area is 158 Å². The number of primary amides is 1. The third-order valence-electron chi connectivity index (χ3n) is 3.74. The summed E-state index contributed by atoms with van der Waals surface area (Å²) in [6.07, 6.45) is 5.33. The number of amides is 2. The number of hydrogen-bond acceptors (Lipinski definition) is 5. The van der Waals surface area contributed by atoms with Crippen LogP contribution in [0.25, 0.3) is 0 Å². The van der Waals surface area contributed by atoms with Crippen molar-refractivity contribution in [1.82, 2.24) is 9.97 Å². The number of hydrogen-bond donors (Lipinski definition) is 2. The number of ether oxygens (including phenoxy) is 1. The van der Waals surface area contributed by atoms with Crippen LogP contribution in [0, 0.1) is 11.6 Å². The highest BCUT2D eigenvalue weighted by Gasteiger charge is 2.17. The van der Waals surface area contributed by atoms with E-state index in [0.29, 0.717) is 0 Å². The van der Waals surface area contributed by atoms with E-state index in [4.69, 9.17) is 10.5 Å². The number of rotatable bonds is 6. The smallest absolute Gasteiger partial charge is 0.257 e. The fourth-order valence-electron chi connectivity index (χ4n) is 2.31. The molecule has 7 nitrogen and oxygen atoms in total. The van der Waals surface area contributed by atoms with Crippen LogP contribution in [0.3, 0.4) is 0 Å². The number of carbonyl (C=O) groups excluding carboxylic acids is 2. The Kier molecular flexibility index (Phi) is 5.54. The molecule has 0 aliphatic carbocycles. The summed E-state index contributed by atoms with van der Waals surface area (Å²) in [4.78, 5) is 30.9. The summed E-state index contributed by atoms with van der Waals surface area (Å²) in [5.74, 6) is -3.02. The van der Waals surface area contributed by atoms with Gasteiger partial charge < -0.3 is 15.8 Å². The molecule has 0 aliphatic rings. The summed E-state index contributed by atoms with van der Waals surface area (Å²) >= 11 is 0. The summed E-state index contributed by atoms with van der Waals surface area (Å²) in [6, 6.07) is 6.49. The second kappa shape index (κ2) is 8.21. The van der Waals surface area contributed by atoms with E-state index in [9.17, 15) is 18.4 Å². The molecule has 0 aliphatic heterocycles. The molecule has 0 atom stereocenters. The first-order chi connectivity index (χ1) is 13.5. The van der Waals surface area contributed by atoms with Crippen molar-refractivity contribution in [3.8, 4) is 5.75 Å². The maximum atomic E-state index is 14.7. The Morgan fingerprint density at radius 1 is 1.07 bits per heavy atom. The minimum Gasteiger partial charge on any atom is -0.487 e. The number of carbonyl (C=O) groups is 2. The van der Waals surface area contributed by atoms with E-state index in [1.165, 1.54) is 36.9 Å². The van der Waals surface area contributed by atoms with Gasteiger partial charge in [0.05, 0.1) is 28.6 Å². The topological polar surface area (TPSA) is 107 Å². The number of nitrogens with one attached hydrogen (secondary N) is 1. The molecule has 0 spiro atoms. The van der Waals surface area contributed by atoms with E-state index in [1.54, 1.807) is 6.07 Å². The van der Waals surface area contributed by atoms with Crippen molar-refractivity contribution in [2.24, 2.45) is 5.73 Å². The lowest BCUT2D eigenvalue weighted by atomic mass is 10.1. The van der Waals surface area contributed by atoms with E-state index in [2.05, 4.69) is 15.3 Å². The number of anilines is 1. The van der Waals surface area contributed by atoms with E-state index >= 15 is 0 Å². The molecule has 2 aromatic heterocycles. The standard InChI is InChI=1S/C19H14F2N4O3/c20-15-3-4-16(25-19(27)11-2-1-5-23-7-11)17(21)14(15)10-28-13-6-12(18(22)26)8-24-9-13/h1-9H,10H2,(H2,22,26)(H,25,27). The van der Waals surface area contributed by atoms with E-state index in [-0.39, 0.29) is 22.6 Å². The Hall–Kier alpha value is -3.88. The quantitative estimate of drug-likeness (QED) is 0.679. The van der Waals surface area contributed by atoms with Gasteiger partial charge in [0.15, 0.2) is 5.82 Å². The molecule has 0 unspecified atom stereocenters. The fraction of sp³-hybridized carbons (Fsp3) is 0.0526. The van der Waals surface area contributed by atoms with Crippen molar-refractivity contribution in [1.29, 1.82) is 0 Å². The lowest BCUT2D eigenvalue weighted by molar-refractivity contribution is 0.0996. The highest BCUT2D eigenvalue weighted by Crippen LogP contribution is 2.23. The summed E-state index contributed by atoms with van der Waals surface area (Å²) in [5.41, 5.74) is 4.86. The second-order valence-corrected chi connectivity index (χ2v) is 5.65. The van der Waals surface area contributed by atoms with E-state index in [1.807, 2.05) is 0 Å². The van der Waals surface area contributed by atoms with Gasteiger partial charge in [0, 0.05) is 18.6 Å². The molecule has 9 heteroatoms. The average Bonchev–Trinajstić information content (AvgIpc) is 2.71. The van der Waals surface area contributed by atoms with Gasteiger partial charge in [-0.25, -0.2) is 8.78 Å². The number of pyridine rings is 2. The van der Waals surface area contributed by atoms with Gasteiger partial charge in [0.1, 0.15) is 18.2 Å². The molecule has 142 valence electrons. The van der Waals surface area contributed by atoms with Gasteiger partial charge >= 0.3 is 0 Å². The molecule has 2 heterocycles. The molecule has 2 amide bonds. The molecule has 0 radical (unpaired) electrons. The molecule has 1 aromatic carbocycles. The van der Waals surface area contributed by atoms with Crippen molar-refractivity contribution in [2.45, 2.75) is 6.61 Å². The molecular weight excluding hydrogens is 370 g/mol. The molecule has 0 saturated heterocycles. The first kappa shape index (κ1) is 18.9. The zero-order valence-electron chi connectivity index (χ0n) is 14.4. The van der Waals surface area contributed by atoms with Crippen molar-refractivity contribution in [3.05, 3.63) is 83.4 Å². The van der Waals surface area contributed by atoms with Crippen molar-refractivity contribution in [2.75, 3.05) is 5.32 Å². The van der Waals surface area contributed by atoms with Gasteiger partial charge in [-0.2, -0.15) is 0 Å². The van der Waals surface area contributed by atoms with Gasteiger partial charge in [0.2, 0.25) is 5.91 Å². The second-order valence-electron chi connectivity index (χ2n) is 5.65. The normalized spacial score (nSPS) is 10.4. The molecule has 0 bridgehead atoms. The van der Waals surface area contributed by atoms with Gasteiger partial charge in [-0.05, 0) is 30.3 Å². The van der Waals surface area contributed by atoms with Crippen LogP contribution in [0.1, 0.15) is 26.3 Å². The lowest BCUT2D eigenvalue weighted by Gasteiger charge is -2.12. The van der Waals surface area contributed by atoms with Crippen LogP contribution >= 0.6 is 0 Å². The molecular formula is C19H14F2N4O3. The lowest BCUT2D eigenvalue weighted by Crippen LogP contribution is -2.15. The minimum absolute atomic E-state index is 0.0935. The Morgan fingerprint density at radius 2 is 1.86 bits per heavy atom. The predicted octanol–water partition coefficient (Wildman–Crippen LogP) is 2.69. The maximum Gasteiger partial charge on any atom is 0.257 e. The monoisotopic (exact) mass is 384 g/mol. The van der Waals surface area contributed by atoms with Crippen LogP contribution in [-0.2, 0) is 6.61 Å². The van der Waals surface area contributed by atoms with Gasteiger partial charge in [-0.15, -0.1) is 0 Å². The number of nitrogens with zero attached hydrogens (tertiary/aromatic N) is 2. The van der Waals surface area contributed by atoms with Crippen LogP contribution in [0.2, 0.25) is 0 Å². The fourth-order valence-corrected chi connectivity index (χ4v) is 2.31. The first-order valence-corrected chi connectivity index (χ1v) is 8.01. The SMILES string of the molecule is NC(=O)c1cncc(OCc2c(F)ccc(NC(=O)c3cccnc3)c2F)c1. The highest BCUT2D eigenvalue weighted by atomic mass is 19.1. The van der Waals surface area contributed by atoms with Crippen molar-refractivity contribution in [3.63, 3.8) is 0 Å². The van der Waals surface area contributed by atoms with E-state index in [0.717, 1.165) is 12.1 Å². The Balaban J connectivity index is 1.78. The van der Waals surface area contributed by atoms with Gasteiger partial charge in [0.25, 0.3) is 5.91 Å². The average molecular weight is 384 g/mol. The summed E-state index contributed by atoms with van der Waals surface area (Å²) in [5, 5.41) is 2.37. The number of aromatic nitrogens is 2. The van der Waals surface area contributed by atoms with Crippen molar-refractivity contribution < 1.29 is 23.1 Å². The molecule has 0 fully saturated rings. The number of benzene rings is 1. The van der Waals surface area contributed by atoms with Crippen molar-refractivity contribution >= 4 is 17.5 Å². The van der Waals surface area contributed by atoms with Crippen LogP contribution < -0.4 is 15.8 Å². The Morgan fingerprint density at radius 3 is 2.57 bits per heavy atom. The summed E-state index contributed by atoms with van der Waals surface area (Å²) < 4.78 is 34.1. The highest BCUT2D eigenvalue weighted by molar-refractivity contribution is 6.04. The van der Waals surface area contributed by atoms with Crippen LogP contribution in [0.5, 0.6) is 5.75 Å². The zero-order chi connectivity index (χ0) is 20.1. The minimum atomic E-state index is -0.976. The summed E-state index contributed by atoms with van der Waals surface area (Å²) in [7, 11) is 0. The van der Waals surface area contributed by atoms with Gasteiger partial charge in [-0.1, -0.05) is 0 Å². The third kappa shape index (κ3) is 4.26. The van der Waals surface area contributed by atoms with Crippen LogP contribution in [0.15, 0.2) is 55.1 Å².